The number of nitrogens with zero attached hydrogens (tertiary/aromatic N) is 1. The van der Waals surface area contributed by atoms with Crippen molar-refractivity contribution in [1.29, 1.82) is 0 Å². The molecular formula is C21H17ClINO5S2. The third-order valence-electron chi connectivity index (χ3n) is 4.09. The van der Waals surface area contributed by atoms with Gasteiger partial charge in [0.05, 0.1) is 15.1 Å². The van der Waals surface area contributed by atoms with E-state index < -0.39 is 18.4 Å². The lowest BCUT2D eigenvalue weighted by Gasteiger charge is -2.15. The number of hydrogen-bond acceptors (Lipinski definition) is 6. The van der Waals surface area contributed by atoms with Crippen LogP contribution in [0.15, 0.2) is 41.3 Å². The van der Waals surface area contributed by atoms with Gasteiger partial charge in [0.25, 0.3) is 5.91 Å². The van der Waals surface area contributed by atoms with Gasteiger partial charge in [0, 0.05) is 5.02 Å². The zero-order valence-electron chi connectivity index (χ0n) is 16.3. The van der Waals surface area contributed by atoms with E-state index in [4.69, 9.17) is 38.4 Å². The summed E-state index contributed by atoms with van der Waals surface area (Å²) in [4.78, 5) is 24.9. The topological polar surface area (TPSA) is 76.1 Å². The van der Waals surface area contributed by atoms with E-state index in [1.807, 2.05) is 25.1 Å². The second-order valence-electron chi connectivity index (χ2n) is 6.34. The first-order valence-corrected chi connectivity index (χ1v) is 11.8. The van der Waals surface area contributed by atoms with Crippen molar-refractivity contribution in [3.63, 3.8) is 0 Å². The van der Waals surface area contributed by atoms with Crippen LogP contribution in [0.3, 0.4) is 0 Å². The number of amides is 1. The number of aliphatic carboxylic acids is 1. The molecule has 10 heteroatoms. The van der Waals surface area contributed by atoms with E-state index in [1.165, 1.54) is 0 Å². The molecule has 0 unspecified atom stereocenters. The Morgan fingerprint density at radius 3 is 2.65 bits per heavy atom. The lowest BCUT2D eigenvalue weighted by molar-refractivity contribution is -0.140. The van der Waals surface area contributed by atoms with Crippen LogP contribution in [-0.2, 0) is 16.2 Å². The van der Waals surface area contributed by atoms with Crippen molar-refractivity contribution < 1.29 is 24.2 Å². The zero-order valence-corrected chi connectivity index (χ0v) is 20.8. The van der Waals surface area contributed by atoms with E-state index in [2.05, 4.69) is 22.6 Å². The van der Waals surface area contributed by atoms with Crippen LogP contribution in [0.1, 0.15) is 18.1 Å². The van der Waals surface area contributed by atoms with Gasteiger partial charge >= 0.3 is 5.97 Å². The first-order valence-electron chi connectivity index (χ1n) is 9.09. The predicted octanol–water partition coefficient (Wildman–Crippen LogP) is 5.21. The number of carboxylic acid groups (broad SMARTS) is 1. The molecule has 0 bridgehead atoms. The number of carbonyl (C=O) groups is 2. The quantitative estimate of drug-likeness (QED) is 0.257. The van der Waals surface area contributed by atoms with Gasteiger partial charge in [-0.1, -0.05) is 47.7 Å². The van der Waals surface area contributed by atoms with Gasteiger partial charge in [-0.3, -0.25) is 14.5 Å². The van der Waals surface area contributed by atoms with E-state index in [9.17, 15) is 9.59 Å². The molecule has 1 N–H and O–H groups in total. The van der Waals surface area contributed by atoms with Crippen molar-refractivity contribution in [3.05, 3.63) is 61.0 Å². The summed E-state index contributed by atoms with van der Waals surface area (Å²) in [5, 5.41) is 9.63. The van der Waals surface area contributed by atoms with Crippen molar-refractivity contribution in [2.24, 2.45) is 0 Å². The third kappa shape index (κ3) is 6.12. The maximum absolute atomic E-state index is 12.5. The van der Waals surface area contributed by atoms with E-state index in [-0.39, 0.29) is 4.32 Å². The molecule has 2 aromatic rings. The molecule has 1 fully saturated rings. The van der Waals surface area contributed by atoms with E-state index in [0.29, 0.717) is 34.6 Å². The maximum Gasteiger partial charge on any atom is 0.323 e. The third-order valence-corrected chi connectivity index (χ3v) is 6.52. The standard InChI is InChI=1S/C21H17ClINO5S2/c1-2-28-16-8-13(9-17-20(27)24(10-18(25)26)21(30)31-17)7-15(23)19(16)29-11-12-3-5-14(22)6-4-12/h3-9H,2,10-11H2,1H3,(H,25,26)/b17-9-. The summed E-state index contributed by atoms with van der Waals surface area (Å²) in [6.45, 7) is 2.21. The normalized spacial score (nSPS) is 14.9. The van der Waals surface area contributed by atoms with E-state index in [0.717, 1.165) is 31.4 Å². The van der Waals surface area contributed by atoms with Crippen molar-refractivity contribution >= 4 is 80.4 Å². The summed E-state index contributed by atoms with van der Waals surface area (Å²) in [6, 6.07) is 11.0. The highest BCUT2D eigenvalue weighted by atomic mass is 127. The first kappa shape index (κ1) is 23.8. The SMILES string of the molecule is CCOc1cc(/C=C2\SC(=S)N(CC(=O)O)C2=O)cc(I)c1OCc1ccc(Cl)cc1. The summed E-state index contributed by atoms with van der Waals surface area (Å²) in [5.41, 5.74) is 1.69. The Kier molecular flexibility index (Phi) is 8.20. The van der Waals surface area contributed by atoms with Crippen LogP contribution in [0.2, 0.25) is 5.02 Å². The molecule has 0 atom stereocenters. The van der Waals surface area contributed by atoms with E-state index in [1.54, 1.807) is 24.3 Å². The molecule has 1 aliphatic rings. The average molecular weight is 590 g/mol. The number of thioether (sulfide) groups is 1. The van der Waals surface area contributed by atoms with Gasteiger partial charge in [-0.15, -0.1) is 0 Å². The molecule has 0 aliphatic carbocycles. The van der Waals surface area contributed by atoms with Crippen LogP contribution in [0.5, 0.6) is 11.5 Å². The minimum Gasteiger partial charge on any atom is -0.490 e. The van der Waals surface area contributed by atoms with Gasteiger partial charge in [-0.05, 0) is 71.0 Å². The molecule has 0 radical (unpaired) electrons. The Hall–Kier alpha value is -1.82. The molecule has 0 spiro atoms. The highest BCUT2D eigenvalue weighted by molar-refractivity contribution is 14.1. The molecular weight excluding hydrogens is 573 g/mol. The molecule has 3 rings (SSSR count). The molecule has 6 nitrogen and oxygen atoms in total. The second-order valence-corrected chi connectivity index (χ2v) is 9.61. The summed E-state index contributed by atoms with van der Waals surface area (Å²) < 4.78 is 12.8. The molecule has 1 heterocycles. The predicted molar refractivity (Wildman–Crippen MR) is 134 cm³/mol. The molecule has 31 heavy (non-hydrogen) atoms. The largest absolute Gasteiger partial charge is 0.490 e. The summed E-state index contributed by atoms with van der Waals surface area (Å²) >= 11 is 14.3. The molecule has 0 aromatic heterocycles. The van der Waals surface area contributed by atoms with Gasteiger partial charge in [0.15, 0.2) is 11.5 Å². The maximum atomic E-state index is 12.5. The fraction of sp³-hybridized carbons (Fsp3) is 0.190. The van der Waals surface area contributed by atoms with Gasteiger partial charge in [0.1, 0.15) is 17.5 Å². The van der Waals surface area contributed by atoms with Crippen LogP contribution in [0.25, 0.3) is 6.08 Å². The highest BCUT2D eigenvalue weighted by Gasteiger charge is 2.33. The number of carbonyl (C=O) groups excluding carboxylic acids is 1. The van der Waals surface area contributed by atoms with E-state index >= 15 is 0 Å². The number of hydrogen-bond donors (Lipinski definition) is 1. The molecule has 0 saturated carbocycles. The van der Waals surface area contributed by atoms with Crippen molar-refractivity contribution in [1.82, 2.24) is 4.90 Å². The first-order chi connectivity index (χ1) is 14.8. The molecule has 1 amide bonds. The Balaban J connectivity index is 1.85. The van der Waals surface area contributed by atoms with Crippen molar-refractivity contribution in [2.75, 3.05) is 13.2 Å². The van der Waals surface area contributed by atoms with Gasteiger partial charge in [-0.2, -0.15) is 0 Å². The lowest BCUT2D eigenvalue weighted by Crippen LogP contribution is -2.33. The second kappa shape index (κ2) is 10.7. The van der Waals surface area contributed by atoms with Gasteiger partial charge in [-0.25, -0.2) is 0 Å². The lowest BCUT2D eigenvalue weighted by atomic mass is 10.1. The smallest absolute Gasteiger partial charge is 0.323 e. The van der Waals surface area contributed by atoms with Crippen molar-refractivity contribution in [2.45, 2.75) is 13.5 Å². The molecule has 2 aromatic carbocycles. The van der Waals surface area contributed by atoms with Crippen LogP contribution in [0, 0.1) is 3.57 Å². The Morgan fingerprint density at radius 1 is 1.29 bits per heavy atom. The summed E-state index contributed by atoms with van der Waals surface area (Å²) in [7, 11) is 0. The fourth-order valence-corrected chi connectivity index (χ4v) is 4.90. The van der Waals surface area contributed by atoms with Gasteiger partial charge < -0.3 is 14.6 Å². The zero-order chi connectivity index (χ0) is 22.5. The number of benzene rings is 2. The van der Waals surface area contributed by atoms with Gasteiger partial charge in [0.2, 0.25) is 0 Å². The highest BCUT2D eigenvalue weighted by Crippen LogP contribution is 2.38. The minimum absolute atomic E-state index is 0.223. The molecule has 1 saturated heterocycles. The summed E-state index contributed by atoms with van der Waals surface area (Å²) in [5.74, 6) is -0.384. The number of ether oxygens (including phenoxy) is 2. The average Bonchev–Trinajstić information content (AvgIpc) is 2.96. The number of halogens is 2. The number of carboxylic acids is 1. The Bertz CT molecular complexity index is 1060. The van der Waals surface area contributed by atoms with Crippen molar-refractivity contribution in [3.8, 4) is 11.5 Å². The minimum atomic E-state index is -1.12. The Morgan fingerprint density at radius 2 is 2.00 bits per heavy atom. The van der Waals surface area contributed by atoms with Crippen LogP contribution in [-0.4, -0.2) is 39.4 Å². The fourth-order valence-electron chi connectivity index (χ4n) is 2.73. The Labute approximate surface area is 207 Å². The molecule has 162 valence electrons. The number of thiocarbonyl (C=S) groups is 1. The van der Waals surface area contributed by atoms with Crippen LogP contribution >= 0.6 is 58.2 Å². The molecule has 1 aliphatic heterocycles. The monoisotopic (exact) mass is 589 g/mol. The van der Waals surface area contributed by atoms with Crippen LogP contribution < -0.4 is 9.47 Å². The summed E-state index contributed by atoms with van der Waals surface area (Å²) in [6.07, 6.45) is 1.68. The van der Waals surface area contributed by atoms with Crippen LogP contribution in [0.4, 0.5) is 0 Å². The number of rotatable bonds is 8.